The Morgan fingerprint density at radius 3 is 2.66 bits per heavy atom. The molecule has 2 amide bonds. The molecule has 2 aromatic rings. The quantitative estimate of drug-likeness (QED) is 0.388. The number of likely N-dealkylation sites (tertiary alicyclic amines) is 1. The van der Waals surface area contributed by atoms with E-state index in [-0.39, 0.29) is 25.2 Å². The van der Waals surface area contributed by atoms with E-state index in [1.165, 1.54) is 14.0 Å². The van der Waals surface area contributed by atoms with Crippen molar-refractivity contribution in [2.24, 2.45) is 13.0 Å². The molecule has 222 valence electrons. The monoisotopic (exact) mass is 569 g/mol. The second-order valence-electron chi connectivity index (χ2n) is 10.8. The predicted octanol–water partition coefficient (Wildman–Crippen LogP) is 2.42. The summed E-state index contributed by atoms with van der Waals surface area (Å²) < 4.78 is 18.6. The summed E-state index contributed by atoms with van der Waals surface area (Å²) in [4.78, 5) is 44.0. The van der Waals surface area contributed by atoms with Crippen LogP contribution in [0.3, 0.4) is 0 Å². The first kappa shape index (κ1) is 30.1. The number of fused-ring (bicyclic) bond motifs is 1. The van der Waals surface area contributed by atoms with Gasteiger partial charge < -0.3 is 29.1 Å². The van der Waals surface area contributed by atoms with Crippen molar-refractivity contribution in [2.45, 2.75) is 45.1 Å². The second-order valence-corrected chi connectivity index (χ2v) is 10.8. The topological polar surface area (TPSA) is 113 Å². The van der Waals surface area contributed by atoms with Crippen LogP contribution in [0.25, 0.3) is 0 Å². The van der Waals surface area contributed by atoms with Gasteiger partial charge in [-0.05, 0) is 36.6 Å². The number of carboxylic acid groups (broad SMARTS) is 1. The first-order valence-electron chi connectivity index (χ1n) is 14.1. The molecule has 1 N–H and O–H groups in total. The average Bonchev–Trinajstić information content (AvgIpc) is 3.56. The van der Waals surface area contributed by atoms with E-state index in [0.717, 1.165) is 24.1 Å². The van der Waals surface area contributed by atoms with Gasteiger partial charge in [0.15, 0.2) is 23.9 Å². The molecule has 4 rings (SSSR count). The van der Waals surface area contributed by atoms with Crippen molar-refractivity contribution < 1.29 is 38.3 Å². The van der Waals surface area contributed by atoms with Crippen LogP contribution in [0.1, 0.15) is 44.6 Å². The van der Waals surface area contributed by atoms with E-state index >= 15 is 0 Å². The van der Waals surface area contributed by atoms with Crippen molar-refractivity contribution in [3.05, 3.63) is 42.2 Å². The van der Waals surface area contributed by atoms with Crippen molar-refractivity contribution in [2.75, 3.05) is 52.0 Å². The van der Waals surface area contributed by atoms with Gasteiger partial charge in [-0.1, -0.05) is 13.3 Å². The van der Waals surface area contributed by atoms with Crippen molar-refractivity contribution in [3.8, 4) is 17.2 Å². The van der Waals surface area contributed by atoms with Gasteiger partial charge in [-0.3, -0.25) is 19.3 Å². The Balaban J connectivity index is 1.68. The Hall–Kier alpha value is -3.86. The fourth-order valence-electron chi connectivity index (χ4n) is 5.74. The van der Waals surface area contributed by atoms with Crippen LogP contribution in [0.4, 0.5) is 5.69 Å². The molecule has 0 radical (unpaired) electrons. The van der Waals surface area contributed by atoms with Gasteiger partial charge in [0, 0.05) is 51.6 Å². The molecule has 2 aliphatic rings. The van der Waals surface area contributed by atoms with Gasteiger partial charge in [0.25, 0.3) is 0 Å². The van der Waals surface area contributed by atoms with Crippen LogP contribution >= 0.6 is 0 Å². The third kappa shape index (κ3) is 6.73. The number of pyridine rings is 1. The number of nitrogens with zero attached hydrogens (tertiary/aromatic N) is 4. The lowest BCUT2D eigenvalue weighted by Crippen LogP contribution is -2.46. The molecule has 0 saturated carbocycles. The summed E-state index contributed by atoms with van der Waals surface area (Å²) in [6.45, 7) is 4.97. The molecule has 1 aromatic heterocycles. The van der Waals surface area contributed by atoms with Gasteiger partial charge in [-0.15, -0.1) is 0 Å². The average molecular weight is 570 g/mol. The molecule has 3 atom stereocenters. The van der Waals surface area contributed by atoms with Crippen LogP contribution < -0.4 is 23.7 Å². The van der Waals surface area contributed by atoms with Crippen molar-refractivity contribution in [3.63, 3.8) is 0 Å². The Morgan fingerprint density at radius 1 is 1.22 bits per heavy atom. The summed E-state index contributed by atoms with van der Waals surface area (Å²) in [5.41, 5.74) is 1.55. The molecule has 11 heteroatoms. The first-order valence-corrected chi connectivity index (χ1v) is 14.1. The number of methoxy groups -OCH3 is 1. The van der Waals surface area contributed by atoms with Crippen molar-refractivity contribution in [1.82, 2.24) is 9.80 Å². The number of carbonyl (C=O) groups is 3. The van der Waals surface area contributed by atoms with Gasteiger partial charge in [0.1, 0.15) is 12.7 Å². The number of aromatic nitrogens is 1. The van der Waals surface area contributed by atoms with E-state index in [0.29, 0.717) is 43.3 Å². The van der Waals surface area contributed by atoms with Crippen LogP contribution in [0, 0.1) is 5.92 Å². The predicted molar refractivity (Wildman–Crippen MR) is 151 cm³/mol. The summed E-state index contributed by atoms with van der Waals surface area (Å²) in [6.07, 6.45) is 6.01. The largest absolute Gasteiger partial charge is 0.493 e. The van der Waals surface area contributed by atoms with Gasteiger partial charge in [-0.2, -0.15) is 0 Å². The minimum atomic E-state index is -0.949. The first-order chi connectivity index (χ1) is 19.6. The van der Waals surface area contributed by atoms with Crippen molar-refractivity contribution >= 4 is 23.5 Å². The lowest BCUT2D eigenvalue weighted by molar-refractivity contribution is -0.670. The van der Waals surface area contributed by atoms with Gasteiger partial charge >= 0.3 is 5.97 Å². The van der Waals surface area contributed by atoms with E-state index in [2.05, 4.69) is 6.92 Å². The Labute approximate surface area is 241 Å². The molecule has 1 fully saturated rings. The minimum absolute atomic E-state index is 0.0543. The lowest BCUT2D eigenvalue weighted by atomic mass is 9.84. The number of unbranched alkanes of at least 4 members (excludes halogenated alkanes) is 1. The van der Waals surface area contributed by atoms with E-state index in [4.69, 9.17) is 14.2 Å². The molecule has 11 nitrogen and oxygen atoms in total. The Kier molecular flexibility index (Phi) is 9.69. The van der Waals surface area contributed by atoms with E-state index in [1.807, 2.05) is 47.1 Å². The van der Waals surface area contributed by atoms with Crippen LogP contribution in [0.5, 0.6) is 17.2 Å². The molecule has 0 spiro atoms. The maximum atomic E-state index is 13.9. The highest BCUT2D eigenvalue weighted by molar-refractivity contribution is 5.94. The third-order valence-corrected chi connectivity index (χ3v) is 8.05. The number of benzene rings is 1. The fraction of sp³-hybridized carbons (Fsp3) is 0.533. The number of aliphatic carboxylic acids is 1. The Bertz CT molecular complexity index is 1270. The number of carbonyl (C=O) groups excluding carboxylic acids is 2. The summed E-state index contributed by atoms with van der Waals surface area (Å²) in [7, 11) is 5.14. The summed E-state index contributed by atoms with van der Waals surface area (Å²) >= 11 is 0. The number of anilines is 1. The molecule has 1 saturated heterocycles. The summed E-state index contributed by atoms with van der Waals surface area (Å²) in [5.74, 6) is -0.912. The highest BCUT2D eigenvalue weighted by atomic mass is 16.7. The zero-order chi connectivity index (χ0) is 29.7. The van der Waals surface area contributed by atoms with E-state index in [1.54, 1.807) is 22.9 Å². The minimum Gasteiger partial charge on any atom is -0.493 e. The molecule has 2 aliphatic heterocycles. The molecule has 0 bridgehead atoms. The van der Waals surface area contributed by atoms with E-state index in [9.17, 15) is 19.5 Å². The maximum Gasteiger partial charge on any atom is 0.308 e. The van der Waals surface area contributed by atoms with E-state index < -0.39 is 23.8 Å². The second kappa shape index (κ2) is 13.2. The number of rotatable bonds is 12. The fourth-order valence-corrected chi connectivity index (χ4v) is 5.74. The third-order valence-electron chi connectivity index (χ3n) is 8.05. The molecule has 1 aromatic carbocycles. The summed E-state index contributed by atoms with van der Waals surface area (Å²) in [5, 5.41) is 10.5. The number of amides is 2. The highest BCUT2D eigenvalue weighted by Crippen LogP contribution is 2.47. The molecule has 3 heterocycles. The van der Waals surface area contributed by atoms with Gasteiger partial charge in [-0.25, -0.2) is 4.57 Å². The smallest absolute Gasteiger partial charge is 0.308 e. The zero-order valence-electron chi connectivity index (χ0n) is 24.5. The maximum absolute atomic E-state index is 13.9. The van der Waals surface area contributed by atoms with Crippen LogP contribution in [-0.2, 0) is 21.4 Å². The van der Waals surface area contributed by atoms with Gasteiger partial charge in [0.05, 0.1) is 19.6 Å². The molecular weight excluding hydrogens is 528 g/mol. The van der Waals surface area contributed by atoms with Crippen LogP contribution in [-0.4, -0.2) is 85.9 Å². The highest BCUT2D eigenvalue weighted by Gasteiger charge is 2.47. The lowest BCUT2D eigenvalue weighted by Gasteiger charge is -2.30. The summed E-state index contributed by atoms with van der Waals surface area (Å²) in [6, 6.07) is 6.96. The number of aryl methyl sites for hydroxylation is 1. The molecule has 41 heavy (non-hydrogen) atoms. The van der Waals surface area contributed by atoms with Gasteiger partial charge in [0.2, 0.25) is 24.4 Å². The number of ether oxygens (including phenoxy) is 3. The standard InChI is InChI=1S/C30H40N4O7/c1-6-7-12-34(22-9-8-11-31(3)16-22)27(36)18-33-17-23(21-14-25(39-5)29-26(15-21)40-19-41-29)28(30(37)38)24(33)10-13-32(4)20(2)35/h8-9,11,14-16,23-24,28H,6-7,10,12-13,17-19H2,1-5H3/p+1/t23-,24+,28?/m1/s1. The zero-order valence-corrected chi connectivity index (χ0v) is 24.5. The number of hydrogen-bond acceptors (Lipinski definition) is 7. The number of carboxylic acids is 1. The van der Waals surface area contributed by atoms with Crippen LogP contribution in [0.15, 0.2) is 36.7 Å². The molecular formula is C30H41N4O7+. The SMILES string of the molecule is CCCCN(C(=O)CN1C[C@H](c2cc(OC)c3c(c2)OCO3)C(C(=O)O)[C@@H]1CCN(C)C(C)=O)c1ccc[n+](C)c1. The molecule has 0 aliphatic carbocycles. The van der Waals surface area contributed by atoms with Crippen LogP contribution in [0.2, 0.25) is 0 Å². The number of hydrogen-bond donors (Lipinski definition) is 1. The Morgan fingerprint density at radius 2 is 2.00 bits per heavy atom. The normalized spacial score (nSPS) is 19.7. The molecule has 1 unspecified atom stereocenters. The van der Waals surface area contributed by atoms with Crippen molar-refractivity contribution in [1.29, 1.82) is 0 Å².